The average molecular weight is 249 g/mol. The smallest absolute Gasteiger partial charge is 0.0636 e. The van der Waals surface area contributed by atoms with E-state index in [0.29, 0.717) is 12.6 Å². The summed E-state index contributed by atoms with van der Waals surface area (Å²) >= 11 is 0. The molecule has 1 unspecified atom stereocenters. The van der Waals surface area contributed by atoms with E-state index in [1.165, 1.54) is 5.69 Å². The molecule has 1 aromatic carbocycles. The van der Waals surface area contributed by atoms with Crippen LogP contribution in [0.4, 0.5) is 11.4 Å². The summed E-state index contributed by atoms with van der Waals surface area (Å²) in [6.07, 6.45) is 1.98. The number of piperidine rings is 1. The number of nitrogens with one attached hydrogen (secondary N) is 1. The highest BCUT2D eigenvalue weighted by Crippen LogP contribution is 2.21. The van der Waals surface area contributed by atoms with E-state index < -0.39 is 0 Å². The fraction of sp³-hybridized carbons (Fsp3) is 0.571. The number of nitrogen functional groups attached to an aromatic ring is 1. The Morgan fingerprint density at radius 1 is 1.33 bits per heavy atom. The summed E-state index contributed by atoms with van der Waals surface area (Å²) in [5.74, 6) is 0. The lowest BCUT2D eigenvalue weighted by molar-refractivity contribution is 0.183. The van der Waals surface area contributed by atoms with Crippen molar-refractivity contribution >= 4 is 11.4 Å². The fourth-order valence-corrected chi connectivity index (χ4v) is 2.36. The van der Waals surface area contributed by atoms with Crippen molar-refractivity contribution in [2.45, 2.75) is 31.9 Å². The van der Waals surface area contributed by atoms with Crippen molar-refractivity contribution in [1.82, 2.24) is 5.32 Å². The number of hydrogen-bond donors (Lipinski definition) is 3. The molecule has 0 amide bonds. The molecule has 4 heteroatoms. The second-order valence-corrected chi connectivity index (χ2v) is 5.11. The minimum absolute atomic E-state index is 0.264. The zero-order chi connectivity index (χ0) is 13.0. The Hall–Kier alpha value is -1.26. The molecule has 4 N–H and O–H groups in total. The van der Waals surface area contributed by atoms with Crippen LogP contribution in [0.3, 0.4) is 0 Å². The minimum Gasteiger partial charge on any atom is -0.399 e. The summed E-state index contributed by atoms with van der Waals surface area (Å²) in [6, 6.07) is 8.60. The van der Waals surface area contributed by atoms with Crippen molar-refractivity contribution in [3.05, 3.63) is 24.3 Å². The first-order valence-corrected chi connectivity index (χ1v) is 6.67. The molecule has 1 aliphatic rings. The van der Waals surface area contributed by atoms with E-state index in [9.17, 15) is 5.11 Å². The van der Waals surface area contributed by atoms with Gasteiger partial charge in [-0.25, -0.2) is 0 Å². The predicted molar refractivity (Wildman–Crippen MR) is 75.8 cm³/mol. The van der Waals surface area contributed by atoms with E-state index in [1.54, 1.807) is 0 Å². The van der Waals surface area contributed by atoms with Crippen LogP contribution >= 0.6 is 0 Å². The predicted octanol–water partition coefficient (Wildman–Crippen LogP) is 1.21. The lowest BCUT2D eigenvalue weighted by atomic mass is 10.0. The molecule has 1 aliphatic heterocycles. The van der Waals surface area contributed by atoms with Gasteiger partial charge in [0, 0.05) is 37.1 Å². The van der Waals surface area contributed by atoms with Crippen molar-refractivity contribution < 1.29 is 5.11 Å². The van der Waals surface area contributed by atoms with Crippen LogP contribution < -0.4 is 16.0 Å². The first kappa shape index (κ1) is 13.2. The Morgan fingerprint density at radius 3 is 2.50 bits per heavy atom. The summed E-state index contributed by atoms with van der Waals surface area (Å²) in [5, 5.41) is 12.7. The summed E-state index contributed by atoms with van der Waals surface area (Å²) in [5.41, 5.74) is 7.75. The van der Waals surface area contributed by atoms with Crippen LogP contribution in [0, 0.1) is 0 Å². The summed E-state index contributed by atoms with van der Waals surface area (Å²) in [7, 11) is 0. The maximum atomic E-state index is 9.25. The topological polar surface area (TPSA) is 61.5 Å². The molecule has 0 bridgehead atoms. The van der Waals surface area contributed by atoms with Gasteiger partial charge in [-0.2, -0.15) is 0 Å². The lowest BCUT2D eigenvalue weighted by Crippen LogP contribution is -2.44. The van der Waals surface area contributed by atoms with Crippen molar-refractivity contribution in [3.8, 4) is 0 Å². The Kier molecular flexibility index (Phi) is 4.44. The van der Waals surface area contributed by atoms with Gasteiger partial charge in [0.05, 0.1) is 6.10 Å². The van der Waals surface area contributed by atoms with Gasteiger partial charge in [-0.1, -0.05) is 0 Å². The second kappa shape index (κ2) is 6.07. The van der Waals surface area contributed by atoms with Gasteiger partial charge < -0.3 is 21.1 Å². The number of nitrogens with zero attached hydrogens (tertiary/aromatic N) is 1. The first-order valence-electron chi connectivity index (χ1n) is 6.67. The molecule has 0 saturated carbocycles. The quantitative estimate of drug-likeness (QED) is 0.702. The standard InChI is InChI=1S/C14H23N3O/c1-11(18)10-16-13-6-8-17(9-7-13)14-4-2-12(15)3-5-14/h2-5,11,13,16,18H,6-10,15H2,1H3. The SMILES string of the molecule is CC(O)CNC1CCN(c2ccc(N)cc2)CC1. The number of benzene rings is 1. The molecule has 100 valence electrons. The minimum atomic E-state index is -0.264. The molecule has 18 heavy (non-hydrogen) atoms. The summed E-state index contributed by atoms with van der Waals surface area (Å²) in [4.78, 5) is 2.39. The van der Waals surface area contributed by atoms with Crippen LogP contribution in [-0.2, 0) is 0 Å². The third-order valence-corrected chi connectivity index (χ3v) is 3.46. The average Bonchev–Trinajstić information content (AvgIpc) is 2.38. The molecular formula is C14H23N3O. The first-order chi connectivity index (χ1) is 8.65. The fourth-order valence-electron chi connectivity index (χ4n) is 2.36. The molecule has 1 aromatic rings. The van der Waals surface area contributed by atoms with Crippen LogP contribution in [0.15, 0.2) is 24.3 Å². The van der Waals surface area contributed by atoms with Crippen LogP contribution in [0.2, 0.25) is 0 Å². The number of hydrogen-bond acceptors (Lipinski definition) is 4. The van der Waals surface area contributed by atoms with Gasteiger partial charge in [-0.15, -0.1) is 0 Å². The molecule has 2 rings (SSSR count). The highest BCUT2D eigenvalue weighted by atomic mass is 16.3. The van der Waals surface area contributed by atoms with E-state index in [4.69, 9.17) is 5.73 Å². The van der Waals surface area contributed by atoms with Crippen molar-refractivity contribution in [3.63, 3.8) is 0 Å². The van der Waals surface area contributed by atoms with Crippen LogP contribution in [0.5, 0.6) is 0 Å². The maximum absolute atomic E-state index is 9.25. The number of aliphatic hydroxyl groups excluding tert-OH is 1. The molecule has 0 aliphatic carbocycles. The molecule has 0 aromatic heterocycles. The molecule has 1 fully saturated rings. The number of nitrogens with two attached hydrogens (primary N) is 1. The van der Waals surface area contributed by atoms with Gasteiger partial charge >= 0.3 is 0 Å². The third-order valence-electron chi connectivity index (χ3n) is 3.46. The molecule has 1 atom stereocenters. The summed E-state index contributed by atoms with van der Waals surface area (Å²) < 4.78 is 0. The Bertz CT molecular complexity index is 356. The molecule has 0 radical (unpaired) electrons. The Balaban J connectivity index is 1.81. The van der Waals surface area contributed by atoms with Crippen LogP contribution in [0.1, 0.15) is 19.8 Å². The van der Waals surface area contributed by atoms with Gasteiger partial charge in [0.2, 0.25) is 0 Å². The second-order valence-electron chi connectivity index (χ2n) is 5.11. The van der Waals surface area contributed by atoms with E-state index in [0.717, 1.165) is 31.6 Å². The van der Waals surface area contributed by atoms with E-state index >= 15 is 0 Å². The zero-order valence-corrected chi connectivity index (χ0v) is 11.0. The normalized spacial score (nSPS) is 18.9. The zero-order valence-electron chi connectivity index (χ0n) is 11.0. The number of rotatable bonds is 4. The van der Waals surface area contributed by atoms with E-state index in [2.05, 4.69) is 22.3 Å². The van der Waals surface area contributed by atoms with E-state index in [1.807, 2.05) is 19.1 Å². The van der Waals surface area contributed by atoms with Gasteiger partial charge in [0.25, 0.3) is 0 Å². The van der Waals surface area contributed by atoms with Gasteiger partial charge in [0.1, 0.15) is 0 Å². The highest BCUT2D eigenvalue weighted by Gasteiger charge is 2.19. The van der Waals surface area contributed by atoms with Gasteiger partial charge in [-0.3, -0.25) is 0 Å². The number of anilines is 2. The third kappa shape index (κ3) is 3.62. The maximum Gasteiger partial charge on any atom is 0.0636 e. The molecule has 4 nitrogen and oxygen atoms in total. The van der Waals surface area contributed by atoms with Crippen molar-refractivity contribution in [2.75, 3.05) is 30.3 Å². The van der Waals surface area contributed by atoms with E-state index in [-0.39, 0.29) is 6.10 Å². The molecular weight excluding hydrogens is 226 g/mol. The van der Waals surface area contributed by atoms with Crippen LogP contribution in [0.25, 0.3) is 0 Å². The molecule has 1 heterocycles. The van der Waals surface area contributed by atoms with Crippen molar-refractivity contribution in [2.24, 2.45) is 0 Å². The van der Waals surface area contributed by atoms with Gasteiger partial charge in [-0.05, 0) is 44.0 Å². The Labute approximate surface area is 109 Å². The Morgan fingerprint density at radius 2 is 1.94 bits per heavy atom. The largest absolute Gasteiger partial charge is 0.399 e. The monoisotopic (exact) mass is 249 g/mol. The summed E-state index contributed by atoms with van der Waals surface area (Å²) in [6.45, 7) is 4.62. The van der Waals surface area contributed by atoms with Crippen LogP contribution in [-0.4, -0.2) is 36.9 Å². The van der Waals surface area contributed by atoms with Crippen molar-refractivity contribution in [1.29, 1.82) is 0 Å². The highest BCUT2D eigenvalue weighted by molar-refractivity contribution is 5.53. The molecule has 0 spiro atoms. The number of aliphatic hydroxyl groups is 1. The molecule has 1 saturated heterocycles. The van der Waals surface area contributed by atoms with Gasteiger partial charge in [0.15, 0.2) is 0 Å². The lowest BCUT2D eigenvalue weighted by Gasteiger charge is -2.34.